The van der Waals surface area contributed by atoms with Crippen LogP contribution in [-0.4, -0.2) is 28.2 Å². The van der Waals surface area contributed by atoms with Crippen LogP contribution < -0.4 is 16.2 Å². The van der Waals surface area contributed by atoms with Crippen LogP contribution in [0.15, 0.2) is 35.7 Å². The molecule has 0 fully saturated rings. The van der Waals surface area contributed by atoms with Crippen LogP contribution >= 0.6 is 0 Å². The number of para-hydroxylation sites is 1. The van der Waals surface area contributed by atoms with Gasteiger partial charge in [-0.15, -0.1) is 6.58 Å². The van der Waals surface area contributed by atoms with Crippen molar-refractivity contribution in [2.75, 3.05) is 30.8 Å². The third-order valence-electron chi connectivity index (χ3n) is 2.40. The zero-order valence-corrected chi connectivity index (χ0v) is 11.4. The Labute approximate surface area is 113 Å². The Morgan fingerprint density at radius 3 is 2.74 bits per heavy atom. The molecule has 1 aromatic rings. The van der Waals surface area contributed by atoms with Gasteiger partial charge < -0.3 is 15.8 Å². The summed E-state index contributed by atoms with van der Waals surface area (Å²) in [6.07, 6.45) is 2.57. The molecule has 1 rings (SSSR count). The molecule has 0 heterocycles. The maximum Gasteiger partial charge on any atom is 0.240 e. The molecule has 0 bridgehead atoms. The van der Waals surface area contributed by atoms with E-state index in [4.69, 9.17) is 15.6 Å². The first-order chi connectivity index (χ1) is 8.96. The van der Waals surface area contributed by atoms with Gasteiger partial charge in [-0.2, -0.15) is 0 Å². The number of hydrogen-bond donors (Lipinski definition) is 3. The number of rotatable bonds is 8. The van der Waals surface area contributed by atoms with E-state index in [0.29, 0.717) is 25.4 Å². The second-order valence-electron chi connectivity index (χ2n) is 3.88. The van der Waals surface area contributed by atoms with Crippen molar-refractivity contribution in [3.05, 3.63) is 30.9 Å². The molecule has 0 amide bonds. The maximum atomic E-state index is 11.3. The van der Waals surface area contributed by atoms with Gasteiger partial charge in [0.2, 0.25) is 10.0 Å². The molecule has 0 aliphatic carbocycles. The van der Waals surface area contributed by atoms with E-state index in [9.17, 15) is 8.42 Å². The number of ether oxygens (including phenoxy) is 1. The maximum absolute atomic E-state index is 11.3. The Bertz CT molecular complexity index is 529. The van der Waals surface area contributed by atoms with Crippen molar-refractivity contribution in [2.45, 2.75) is 11.3 Å². The molecule has 0 aliphatic heterocycles. The summed E-state index contributed by atoms with van der Waals surface area (Å²) < 4.78 is 27.9. The highest BCUT2D eigenvalue weighted by atomic mass is 32.2. The fraction of sp³-hybridized carbons (Fsp3) is 0.333. The van der Waals surface area contributed by atoms with Crippen molar-refractivity contribution in [2.24, 2.45) is 5.14 Å². The second kappa shape index (κ2) is 7.13. The van der Waals surface area contributed by atoms with Gasteiger partial charge in [0.05, 0.1) is 24.6 Å². The number of nitrogens with two attached hydrogens (primary N) is 2. The van der Waals surface area contributed by atoms with Gasteiger partial charge in [-0.1, -0.05) is 12.1 Å². The third kappa shape index (κ3) is 4.90. The predicted molar refractivity (Wildman–Crippen MR) is 76.4 cm³/mol. The molecule has 0 saturated heterocycles. The lowest BCUT2D eigenvalue weighted by Crippen LogP contribution is -2.16. The van der Waals surface area contributed by atoms with Crippen LogP contribution in [0.1, 0.15) is 6.42 Å². The molecular weight excluding hydrogens is 266 g/mol. The minimum Gasteiger partial charge on any atom is -0.396 e. The summed E-state index contributed by atoms with van der Waals surface area (Å²) in [5.41, 5.74) is 6.40. The van der Waals surface area contributed by atoms with Gasteiger partial charge >= 0.3 is 0 Å². The molecule has 0 saturated carbocycles. The van der Waals surface area contributed by atoms with Crippen molar-refractivity contribution in [1.82, 2.24) is 0 Å². The molecule has 0 radical (unpaired) electrons. The molecule has 106 valence electrons. The number of benzene rings is 1. The van der Waals surface area contributed by atoms with E-state index in [1.165, 1.54) is 6.07 Å². The number of anilines is 2. The Morgan fingerprint density at radius 1 is 1.37 bits per heavy atom. The summed E-state index contributed by atoms with van der Waals surface area (Å²) in [6, 6.07) is 4.64. The van der Waals surface area contributed by atoms with E-state index in [-0.39, 0.29) is 10.6 Å². The molecule has 0 aliphatic rings. The van der Waals surface area contributed by atoms with E-state index in [0.717, 1.165) is 6.42 Å². The first-order valence-corrected chi connectivity index (χ1v) is 7.35. The number of hydrogen-bond acceptors (Lipinski definition) is 5. The van der Waals surface area contributed by atoms with Gasteiger partial charge in [0.1, 0.15) is 4.90 Å². The van der Waals surface area contributed by atoms with Crippen molar-refractivity contribution in [3.63, 3.8) is 0 Å². The molecular formula is C12H19N3O3S. The highest BCUT2D eigenvalue weighted by molar-refractivity contribution is 7.89. The van der Waals surface area contributed by atoms with Crippen molar-refractivity contribution in [3.8, 4) is 0 Å². The number of nitrogen functional groups attached to an aromatic ring is 1. The lowest BCUT2D eigenvalue weighted by molar-refractivity contribution is 0.149. The van der Waals surface area contributed by atoms with Crippen LogP contribution in [-0.2, 0) is 14.8 Å². The lowest BCUT2D eigenvalue weighted by atomic mass is 10.2. The highest BCUT2D eigenvalue weighted by Gasteiger charge is 2.14. The van der Waals surface area contributed by atoms with Crippen LogP contribution in [0, 0.1) is 0 Å². The van der Waals surface area contributed by atoms with Crippen LogP contribution in [0.3, 0.4) is 0 Å². The van der Waals surface area contributed by atoms with Gasteiger partial charge in [0, 0.05) is 6.54 Å². The first kappa shape index (κ1) is 15.5. The Hall–Kier alpha value is -1.57. The highest BCUT2D eigenvalue weighted by Crippen LogP contribution is 2.25. The van der Waals surface area contributed by atoms with Crippen LogP contribution in [0.2, 0.25) is 0 Å². The standard InChI is InChI=1S/C12H19N3O3S/c1-2-3-8-18-9-7-15-10-5-4-6-11(12(10)13)19(14,16)17/h2,4-6,15H,1,3,7-9,13H2,(H2,14,16,17). The van der Waals surface area contributed by atoms with E-state index in [1.54, 1.807) is 18.2 Å². The number of nitrogens with one attached hydrogen (secondary N) is 1. The summed E-state index contributed by atoms with van der Waals surface area (Å²) in [5.74, 6) is 0. The van der Waals surface area contributed by atoms with Gasteiger partial charge in [0.15, 0.2) is 0 Å². The summed E-state index contributed by atoms with van der Waals surface area (Å²) >= 11 is 0. The Balaban J connectivity index is 2.58. The molecule has 1 aromatic carbocycles. The summed E-state index contributed by atoms with van der Waals surface area (Å²) in [6.45, 7) is 5.21. The molecule has 19 heavy (non-hydrogen) atoms. The monoisotopic (exact) mass is 285 g/mol. The molecule has 0 unspecified atom stereocenters. The van der Waals surface area contributed by atoms with Gasteiger partial charge in [-0.25, -0.2) is 13.6 Å². The average molecular weight is 285 g/mol. The van der Waals surface area contributed by atoms with E-state index >= 15 is 0 Å². The quantitative estimate of drug-likeness (QED) is 0.374. The van der Waals surface area contributed by atoms with Gasteiger partial charge in [-0.05, 0) is 18.6 Å². The summed E-state index contributed by atoms with van der Waals surface area (Å²) in [7, 11) is -3.81. The average Bonchev–Trinajstić information content (AvgIpc) is 2.34. The minimum atomic E-state index is -3.81. The Kier molecular flexibility index (Phi) is 5.81. The number of sulfonamides is 1. The van der Waals surface area contributed by atoms with Crippen LogP contribution in [0.5, 0.6) is 0 Å². The normalized spacial score (nSPS) is 11.2. The molecule has 0 spiro atoms. The molecule has 5 N–H and O–H groups in total. The van der Waals surface area contributed by atoms with Gasteiger partial charge in [0.25, 0.3) is 0 Å². The van der Waals surface area contributed by atoms with E-state index < -0.39 is 10.0 Å². The van der Waals surface area contributed by atoms with E-state index in [1.807, 2.05) is 0 Å². The topological polar surface area (TPSA) is 107 Å². The zero-order valence-electron chi connectivity index (χ0n) is 10.6. The molecule has 0 aromatic heterocycles. The van der Waals surface area contributed by atoms with Crippen molar-refractivity contribution >= 4 is 21.4 Å². The minimum absolute atomic E-state index is 0.0786. The number of primary sulfonamides is 1. The smallest absolute Gasteiger partial charge is 0.240 e. The van der Waals surface area contributed by atoms with Crippen LogP contribution in [0.4, 0.5) is 11.4 Å². The zero-order chi connectivity index (χ0) is 14.3. The SMILES string of the molecule is C=CCCOCCNc1cccc(S(N)(=O)=O)c1N. The van der Waals surface area contributed by atoms with E-state index in [2.05, 4.69) is 11.9 Å². The molecule has 7 heteroatoms. The van der Waals surface area contributed by atoms with Crippen LogP contribution in [0.25, 0.3) is 0 Å². The second-order valence-corrected chi connectivity index (χ2v) is 5.41. The molecule has 0 atom stereocenters. The third-order valence-corrected chi connectivity index (χ3v) is 3.37. The first-order valence-electron chi connectivity index (χ1n) is 5.80. The fourth-order valence-electron chi connectivity index (χ4n) is 1.47. The Morgan fingerprint density at radius 2 is 2.11 bits per heavy atom. The van der Waals surface area contributed by atoms with Gasteiger partial charge in [-0.3, -0.25) is 0 Å². The van der Waals surface area contributed by atoms with Crippen molar-refractivity contribution in [1.29, 1.82) is 0 Å². The predicted octanol–water partition coefficient (Wildman–Crippen LogP) is 0.921. The van der Waals surface area contributed by atoms with Crippen molar-refractivity contribution < 1.29 is 13.2 Å². The lowest BCUT2D eigenvalue weighted by Gasteiger charge is -2.11. The molecule has 6 nitrogen and oxygen atoms in total. The largest absolute Gasteiger partial charge is 0.396 e. The summed E-state index contributed by atoms with van der Waals surface area (Å²) in [4.78, 5) is -0.0786. The summed E-state index contributed by atoms with van der Waals surface area (Å²) in [5, 5.41) is 8.07. The fourth-order valence-corrected chi connectivity index (χ4v) is 2.16.